The van der Waals surface area contributed by atoms with Gasteiger partial charge in [0, 0.05) is 16.9 Å². The highest BCUT2D eigenvalue weighted by Crippen LogP contribution is 2.28. The van der Waals surface area contributed by atoms with Crippen LogP contribution in [-0.2, 0) is 24.1 Å². The van der Waals surface area contributed by atoms with E-state index in [9.17, 15) is 18.0 Å². The van der Waals surface area contributed by atoms with Crippen LogP contribution in [0, 0.1) is 6.92 Å². The molecule has 0 bridgehead atoms. The largest absolute Gasteiger partial charge is 0.435 e. The van der Waals surface area contributed by atoms with Gasteiger partial charge in [-0.15, -0.1) is 0 Å². The molecule has 6 nitrogen and oxygen atoms in total. The average Bonchev–Trinajstić information content (AvgIpc) is 3.13. The summed E-state index contributed by atoms with van der Waals surface area (Å²) < 4.78 is 41.3. The third-order valence-corrected chi connectivity index (χ3v) is 4.78. The number of amides is 1. The van der Waals surface area contributed by atoms with Crippen molar-refractivity contribution in [3.63, 3.8) is 0 Å². The van der Waals surface area contributed by atoms with E-state index in [4.69, 9.17) is 11.6 Å². The van der Waals surface area contributed by atoms with Crippen molar-refractivity contribution in [2.45, 2.75) is 26.2 Å². The molecule has 0 unspecified atom stereocenters. The predicted octanol–water partition coefficient (Wildman–Crippen LogP) is 4.51. The Morgan fingerprint density at radius 1 is 1.29 bits per heavy atom. The maximum absolute atomic E-state index is 12.7. The highest BCUT2D eigenvalue weighted by atomic mass is 79.9. The molecule has 1 aromatic carbocycles. The fourth-order valence-corrected chi connectivity index (χ4v) is 3.09. The summed E-state index contributed by atoms with van der Waals surface area (Å²) in [7, 11) is 0. The molecule has 3 rings (SSSR count). The molecule has 0 saturated carbocycles. The molecule has 1 amide bonds. The molecule has 0 saturated heterocycles. The van der Waals surface area contributed by atoms with Gasteiger partial charge in [0.1, 0.15) is 6.54 Å². The lowest BCUT2D eigenvalue weighted by Crippen LogP contribution is -2.21. The Morgan fingerprint density at radius 3 is 2.64 bits per heavy atom. The van der Waals surface area contributed by atoms with E-state index in [1.807, 2.05) is 18.2 Å². The Morgan fingerprint density at radius 2 is 2.00 bits per heavy atom. The van der Waals surface area contributed by atoms with Crippen LogP contribution in [0.5, 0.6) is 0 Å². The summed E-state index contributed by atoms with van der Waals surface area (Å²) in [6.45, 7) is 1.47. The van der Waals surface area contributed by atoms with Crippen LogP contribution in [0.2, 0.25) is 5.02 Å². The van der Waals surface area contributed by atoms with Crippen molar-refractivity contribution in [3.05, 3.63) is 63.0 Å². The lowest BCUT2D eigenvalue weighted by atomic mass is 10.2. The molecular formula is C17H14BrClF3N5O. The third kappa shape index (κ3) is 4.74. The topological polar surface area (TPSA) is 64.7 Å². The van der Waals surface area contributed by atoms with Crippen LogP contribution in [-0.4, -0.2) is 25.5 Å². The molecule has 3 aromatic rings. The zero-order chi connectivity index (χ0) is 20.5. The third-order valence-electron chi connectivity index (χ3n) is 3.83. The molecule has 0 aliphatic heterocycles. The number of hydrogen-bond acceptors (Lipinski definition) is 3. The van der Waals surface area contributed by atoms with Crippen molar-refractivity contribution < 1.29 is 18.0 Å². The number of aryl methyl sites for hydroxylation is 1. The van der Waals surface area contributed by atoms with Gasteiger partial charge in [-0.3, -0.25) is 14.2 Å². The van der Waals surface area contributed by atoms with Crippen LogP contribution < -0.4 is 5.32 Å². The minimum Gasteiger partial charge on any atom is -0.307 e. The monoisotopic (exact) mass is 475 g/mol. The number of nitrogens with zero attached hydrogens (tertiary/aromatic N) is 4. The summed E-state index contributed by atoms with van der Waals surface area (Å²) in [5.41, 5.74) is 0.0395. The minimum atomic E-state index is -4.56. The molecule has 0 atom stereocenters. The first-order valence-corrected chi connectivity index (χ1v) is 9.18. The fraction of sp³-hybridized carbons (Fsp3) is 0.235. The van der Waals surface area contributed by atoms with E-state index in [0.29, 0.717) is 16.0 Å². The SMILES string of the molecule is Cc1cc(C(F)(F)F)nn1CC(=O)Nc1nn(Cc2ccccc2Cl)cc1Br. The number of benzene rings is 1. The van der Waals surface area contributed by atoms with Crippen LogP contribution in [0.1, 0.15) is 17.0 Å². The standard InChI is InChI=1S/C17H14BrClF3N5O/c1-10-6-14(17(20,21)22)24-27(10)9-15(28)23-16-12(18)8-26(25-16)7-11-4-2-3-5-13(11)19/h2-6,8H,7,9H2,1H3,(H,23,25,28). The zero-order valence-electron chi connectivity index (χ0n) is 14.5. The van der Waals surface area contributed by atoms with Gasteiger partial charge in [0.2, 0.25) is 5.91 Å². The number of halogens is 5. The lowest BCUT2D eigenvalue weighted by Gasteiger charge is -2.06. The van der Waals surface area contributed by atoms with Gasteiger partial charge in [-0.25, -0.2) is 0 Å². The minimum absolute atomic E-state index is 0.228. The highest BCUT2D eigenvalue weighted by molar-refractivity contribution is 9.10. The van der Waals surface area contributed by atoms with Crippen molar-refractivity contribution in [1.29, 1.82) is 0 Å². The summed E-state index contributed by atoms with van der Waals surface area (Å²) in [6.07, 6.45) is -2.90. The molecule has 0 aliphatic carbocycles. The molecular weight excluding hydrogens is 463 g/mol. The quantitative estimate of drug-likeness (QED) is 0.589. The first kappa shape index (κ1) is 20.4. The van der Waals surface area contributed by atoms with Gasteiger partial charge < -0.3 is 5.32 Å². The predicted molar refractivity (Wildman–Crippen MR) is 101 cm³/mol. The molecule has 1 N–H and O–H groups in total. The summed E-state index contributed by atoms with van der Waals surface area (Å²) in [6, 6.07) is 8.18. The number of nitrogens with one attached hydrogen (secondary N) is 1. The van der Waals surface area contributed by atoms with Crippen molar-refractivity contribution >= 4 is 39.3 Å². The molecule has 28 heavy (non-hydrogen) atoms. The highest BCUT2D eigenvalue weighted by Gasteiger charge is 2.34. The van der Waals surface area contributed by atoms with Gasteiger partial charge in [-0.1, -0.05) is 29.8 Å². The van der Waals surface area contributed by atoms with Gasteiger partial charge in [0.25, 0.3) is 0 Å². The smallest absolute Gasteiger partial charge is 0.307 e. The van der Waals surface area contributed by atoms with E-state index in [0.717, 1.165) is 16.3 Å². The van der Waals surface area contributed by atoms with Crippen LogP contribution in [0.15, 0.2) is 41.0 Å². The Hall–Kier alpha value is -2.33. The van der Waals surface area contributed by atoms with Crippen molar-refractivity contribution in [3.8, 4) is 0 Å². The van der Waals surface area contributed by atoms with Gasteiger partial charge in [0.05, 0.1) is 11.0 Å². The molecule has 0 aliphatic rings. The first-order chi connectivity index (χ1) is 13.1. The molecule has 0 fully saturated rings. The number of carbonyl (C=O) groups is 1. The number of rotatable bonds is 5. The van der Waals surface area contributed by atoms with Crippen LogP contribution in [0.25, 0.3) is 0 Å². The Kier molecular flexibility index (Phi) is 5.80. The van der Waals surface area contributed by atoms with E-state index >= 15 is 0 Å². The summed E-state index contributed by atoms with van der Waals surface area (Å²) in [5.74, 6) is -0.304. The normalized spacial score (nSPS) is 11.6. The second-order valence-electron chi connectivity index (χ2n) is 5.99. The number of alkyl halides is 3. The van der Waals surface area contributed by atoms with E-state index in [1.54, 1.807) is 16.9 Å². The average molecular weight is 477 g/mol. The first-order valence-electron chi connectivity index (χ1n) is 8.01. The van der Waals surface area contributed by atoms with E-state index < -0.39 is 17.8 Å². The number of aromatic nitrogens is 4. The Bertz CT molecular complexity index is 1010. The number of carbonyl (C=O) groups excluding carboxylic acids is 1. The van der Waals surface area contributed by atoms with E-state index in [-0.39, 0.29) is 18.1 Å². The van der Waals surface area contributed by atoms with E-state index in [1.165, 1.54) is 6.92 Å². The second kappa shape index (κ2) is 7.96. The van der Waals surface area contributed by atoms with Gasteiger partial charge in [-0.05, 0) is 40.5 Å². The lowest BCUT2D eigenvalue weighted by molar-refractivity contribution is -0.141. The Labute approximate surface area is 171 Å². The van der Waals surface area contributed by atoms with Crippen molar-refractivity contribution in [2.75, 3.05) is 5.32 Å². The summed E-state index contributed by atoms with van der Waals surface area (Å²) in [5, 5.41) is 10.9. The van der Waals surface area contributed by atoms with Crippen LogP contribution in [0.4, 0.5) is 19.0 Å². The maximum atomic E-state index is 12.7. The second-order valence-corrected chi connectivity index (χ2v) is 7.25. The van der Waals surface area contributed by atoms with Crippen LogP contribution >= 0.6 is 27.5 Å². The van der Waals surface area contributed by atoms with E-state index in [2.05, 4.69) is 31.4 Å². The van der Waals surface area contributed by atoms with Gasteiger partial charge in [-0.2, -0.15) is 23.4 Å². The van der Waals surface area contributed by atoms with Crippen molar-refractivity contribution in [1.82, 2.24) is 19.6 Å². The number of hydrogen-bond donors (Lipinski definition) is 1. The molecule has 148 valence electrons. The fourth-order valence-electron chi connectivity index (χ4n) is 2.48. The molecule has 2 aromatic heterocycles. The Balaban J connectivity index is 1.69. The number of anilines is 1. The zero-order valence-corrected chi connectivity index (χ0v) is 16.8. The summed E-state index contributed by atoms with van der Waals surface area (Å²) >= 11 is 9.44. The van der Waals surface area contributed by atoms with Gasteiger partial charge in [0.15, 0.2) is 11.5 Å². The molecule has 0 spiro atoms. The molecule has 2 heterocycles. The maximum Gasteiger partial charge on any atom is 0.435 e. The van der Waals surface area contributed by atoms with Gasteiger partial charge >= 0.3 is 6.18 Å². The summed E-state index contributed by atoms with van der Waals surface area (Å²) in [4.78, 5) is 12.2. The van der Waals surface area contributed by atoms with Crippen LogP contribution in [0.3, 0.4) is 0 Å². The van der Waals surface area contributed by atoms with Crippen molar-refractivity contribution in [2.24, 2.45) is 0 Å². The molecule has 0 radical (unpaired) electrons. The molecule has 11 heteroatoms.